The van der Waals surface area contributed by atoms with Crippen molar-refractivity contribution >= 4 is 0 Å². The first-order valence-corrected chi connectivity index (χ1v) is 4.76. The summed E-state index contributed by atoms with van der Waals surface area (Å²) < 4.78 is 0. The Balaban J connectivity index is 2.37. The minimum absolute atomic E-state index is 0.0451. The molecule has 1 heterocycles. The van der Waals surface area contributed by atoms with Crippen molar-refractivity contribution in [1.29, 1.82) is 0 Å². The molecule has 1 aromatic rings. The van der Waals surface area contributed by atoms with Crippen molar-refractivity contribution in [2.75, 3.05) is 20.1 Å². The van der Waals surface area contributed by atoms with Gasteiger partial charge in [-0.25, -0.2) is 0 Å². The third-order valence-corrected chi connectivity index (χ3v) is 2.01. The molecule has 0 saturated carbocycles. The van der Waals surface area contributed by atoms with Crippen molar-refractivity contribution < 1.29 is 0 Å². The monoisotopic (exact) mass is 194 g/mol. The Kier molecular flexibility index (Phi) is 4.52. The van der Waals surface area contributed by atoms with E-state index >= 15 is 0 Å². The molecule has 0 radical (unpaired) electrons. The molecule has 78 valence electrons. The molecule has 0 saturated heterocycles. The fourth-order valence-corrected chi connectivity index (χ4v) is 1.31. The Morgan fingerprint density at radius 3 is 2.86 bits per heavy atom. The quantitative estimate of drug-likeness (QED) is 0.681. The van der Waals surface area contributed by atoms with Crippen molar-refractivity contribution in [3.8, 4) is 0 Å². The number of nitrogens with two attached hydrogens (primary N) is 2. The number of pyridine rings is 1. The number of aromatic nitrogens is 1. The second-order valence-electron chi connectivity index (χ2n) is 3.51. The first-order chi connectivity index (χ1) is 6.72. The van der Waals surface area contributed by atoms with Gasteiger partial charge in [-0.15, -0.1) is 0 Å². The lowest BCUT2D eigenvalue weighted by Gasteiger charge is -2.19. The fourth-order valence-electron chi connectivity index (χ4n) is 1.31. The first-order valence-electron chi connectivity index (χ1n) is 4.76. The van der Waals surface area contributed by atoms with E-state index in [4.69, 9.17) is 11.5 Å². The Bertz CT molecular complexity index is 250. The number of rotatable bonds is 5. The van der Waals surface area contributed by atoms with Gasteiger partial charge in [-0.3, -0.25) is 9.88 Å². The van der Waals surface area contributed by atoms with Crippen LogP contribution in [0.25, 0.3) is 0 Å². The zero-order chi connectivity index (χ0) is 10.4. The molecule has 1 atom stereocenters. The topological polar surface area (TPSA) is 68.2 Å². The molecule has 0 aliphatic heterocycles. The highest BCUT2D eigenvalue weighted by Crippen LogP contribution is 1.98. The predicted molar refractivity (Wildman–Crippen MR) is 57.6 cm³/mol. The van der Waals surface area contributed by atoms with Crippen LogP contribution in [0.15, 0.2) is 24.4 Å². The van der Waals surface area contributed by atoms with Crippen molar-refractivity contribution in [3.05, 3.63) is 30.1 Å². The largest absolute Gasteiger partial charge is 0.329 e. The van der Waals surface area contributed by atoms with Crippen LogP contribution in [-0.2, 0) is 6.54 Å². The number of hydrogen-bond acceptors (Lipinski definition) is 4. The summed E-state index contributed by atoms with van der Waals surface area (Å²) >= 11 is 0. The Labute approximate surface area is 84.9 Å². The highest BCUT2D eigenvalue weighted by Gasteiger charge is 2.05. The molecular weight excluding hydrogens is 176 g/mol. The molecular formula is C10H18N4. The Hall–Kier alpha value is -0.970. The minimum atomic E-state index is 0.0451. The van der Waals surface area contributed by atoms with E-state index in [2.05, 4.69) is 9.88 Å². The van der Waals surface area contributed by atoms with Crippen LogP contribution in [0.1, 0.15) is 5.69 Å². The van der Waals surface area contributed by atoms with Gasteiger partial charge in [-0.1, -0.05) is 6.07 Å². The summed E-state index contributed by atoms with van der Waals surface area (Å²) in [6, 6.07) is 5.95. The maximum atomic E-state index is 5.74. The molecule has 0 spiro atoms. The van der Waals surface area contributed by atoms with E-state index in [9.17, 15) is 0 Å². The van der Waals surface area contributed by atoms with Gasteiger partial charge in [0.15, 0.2) is 0 Å². The van der Waals surface area contributed by atoms with Gasteiger partial charge >= 0.3 is 0 Å². The fraction of sp³-hybridized carbons (Fsp3) is 0.500. The van der Waals surface area contributed by atoms with Gasteiger partial charge in [0.05, 0.1) is 5.69 Å². The van der Waals surface area contributed by atoms with E-state index in [1.807, 2.05) is 25.2 Å². The molecule has 0 fully saturated rings. The molecule has 0 aliphatic rings. The molecule has 0 bridgehead atoms. The average Bonchev–Trinajstić information content (AvgIpc) is 2.19. The summed E-state index contributed by atoms with van der Waals surface area (Å²) in [5.41, 5.74) is 12.2. The van der Waals surface area contributed by atoms with E-state index in [0.29, 0.717) is 6.54 Å². The summed E-state index contributed by atoms with van der Waals surface area (Å²) in [7, 11) is 2.02. The molecule has 1 aromatic heterocycles. The van der Waals surface area contributed by atoms with Crippen LogP contribution in [0.3, 0.4) is 0 Å². The summed E-state index contributed by atoms with van der Waals surface area (Å²) in [5.74, 6) is 0. The average molecular weight is 194 g/mol. The molecule has 4 N–H and O–H groups in total. The van der Waals surface area contributed by atoms with E-state index in [1.54, 1.807) is 6.20 Å². The second-order valence-corrected chi connectivity index (χ2v) is 3.51. The Morgan fingerprint density at radius 1 is 1.50 bits per heavy atom. The zero-order valence-electron chi connectivity index (χ0n) is 8.56. The summed E-state index contributed by atoms with van der Waals surface area (Å²) in [6.07, 6.45) is 1.80. The van der Waals surface area contributed by atoms with Gasteiger partial charge in [0.25, 0.3) is 0 Å². The number of likely N-dealkylation sites (N-methyl/N-ethyl adjacent to an activating group) is 1. The summed E-state index contributed by atoms with van der Waals surface area (Å²) in [6.45, 7) is 2.13. The maximum Gasteiger partial charge on any atom is 0.0543 e. The zero-order valence-corrected chi connectivity index (χ0v) is 8.56. The number of nitrogens with zero attached hydrogens (tertiary/aromatic N) is 2. The molecule has 0 aliphatic carbocycles. The maximum absolute atomic E-state index is 5.74. The lowest BCUT2D eigenvalue weighted by molar-refractivity contribution is 0.302. The van der Waals surface area contributed by atoms with E-state index in [-0.39, 0.29) is 6.04 Å². The van der Waals surface area contributed by atoms with Gasteiger partial charge in [-0.05, 0) is 19.2 Å². The molecule has 4 heteroatoms. The Morgan fingerprint density at radius 2 is 2.29 bits per heavy atom. The molecule has 1 rings (SSSR count). The van der Waals surface area contributed by atoms with Gasteiger partial charge in [0.2, 0.25) is 0 Å². The summed E-state index contributed by atoms with van der Waals surface area (Å²) in [4.78, 5) is 6.36. The van der Waals surface area contributed by atoms with Crippen LogP contribution in [0, 0.1) is 0 Å². The third kappa shape index (κ3) is 3.83. The first kappa shape index (κ1) is 11.1. The van der Waals surface area contributed by atoms with Gasteiger partial charge < -0.3 is 11.5 Å². The lowest BCUT2D eigenvalue weighted by atomic mass is 10.3. The SMILES string of the molecule is CN(Cc1ccccn1)CC(N)CN. The smallest absolute Gasteiger partial charge is 0.0543 e. The van der Waals surface area contributed by atoms with Crippen molar-refractivity contribution in [3.63, 3.8) is 0 Å². The standard InChI is InChI=1S/C10H18N4/c1-14(7-9(12)6-11)8-10-4-2-3-5-13-10/h2-5,9H,6-8,11-12H2,1H3. The van der Waals surface area contributed by atoms with Crippen molar-refractivity contribution in [1.82, 2.24) is 9.88 Å². The van der Waals surface area contributed by atoms with Crippen LogP contribution >= 0.6 is 0 Å². The molecule has 0 amide bonds. The molecule has 0 aromatic carbocycles. The molecule has 4 nitrogen and oxygen atoms in total. The predicted octanol–water partition coefficient (Wildman–Crippen LogP) is -0.201. The van der Waals surface area contributed by atoms with E-state index in [0.717, 1.165) is 18.8 Å². The van der Waals surface area contributed by atoms with Crippen LogP contribution in [0.2, 0.25) is 0 Å². The van der Waals surface area contributed by atoms with E-state index < -0.39 is 0 Å². The normalized spacial score (nSPS) is 13.1. The van der Waals surface area contributed by atoms with Gasteiger partial charge in [-0.2, -0.15) is 0 Å². The van der Waals surface area contributed by atoms with Crippen molar-refractivity contribution in [2.45, 2.75) is 12.6 Å². The van der Waals surface area contributed by atoms with Crippen LogP contribution in [0.4, 0.5) is 0 Å². The van der Waals surface area contributed by atoms with Gasteiger partial charge in [0, 0.05) is 31.9 Å². The van der Waals surface area contributed by atoms with Crippen LogP contribution in [-0.4, -0.2) is 36.1 Å². The van der Waals surface area contributed by atoms with E-state index in [1.165, 1.54) is 0 Å². The highest BCUT2D eigenvalue weighted by molar-refractivity contribution is 5.03. The van der Waals surface area contributed by atoms with Crippen LogP contribution < -0.4 is 11.5 Å². The van der Waals surface area contributed by atoms with Gasteiger partial charge in [0.1, 0.15) is 0 Å². The second kappa shape index (κ2) is 5.70. The summed E-state index contributed by atoms with van der Waals surface area (Å²) in [5, 5.41) is 0. The third-order valence-electron chi connectivity index (χ3n) is 2.01. The van der Waals surface area contributed by atoms with Crippen LogP contribution in [0.5, 0.6) is 0 Å². The number of hydrogen-bond donors (Lipinski definition) is 2. The van der Waals surface area contributed by atoms with Crippen molar-refractivity contribution in [2.24, 2.45) is 11.5 Å². The lowest BCUT2D eigenvalue weighted by Crippen LogP contribution is -2.40. The minimum Gasteiger partial charge on any atom is -0.329 e. The molecule has 1 unspecified atom stereocenters. The molecule has 14 heavy (non-hydrogen) atoms. The highest BCUT2D eigenvalue weighted by atomic mass is 15.1.